The highest BCUT2D eigenvalue weighted by Crippen LogP contribution is 2.27. The van der Waals surface area contributed by atoms with Gasteiger partial charge in [-0.3, -0.25) is 4.79 Å². The number of furan rings is 1. The Hall–Kier alpha value is -1.35. The lowest BCUT2D eigenvalue weighted by Gasteiger charge is -1.92. The number of carbonyl (C=O) groups is 1. The molecule has 16 heavy (non-hydrogen) atoms. The van der Waals surface area contributed by atoms with Gasteiger partial charge in [0, 0.05) is 11.8 Å². The molecule has 2 nitrogen and oxygen atoms in total. The number of fused-ring (bicyclic) bond motifs is 1. The number of Topliss-reactive ketones (excluding diaryl/α,β-unsaturated/α-hetero) is 1. The van der Waals surface area contributed by atoms with Gasteiger partial charge in [-0.05, 0) is 34.5 Å². The zero-order chi connectivity index (χ0) is 11.5. The normalized spacial score (nSPS) is 10.6. The van der Waals surface area contributed by atoms with Gasteiger partial charge in [0.15, 0.2) is 11.5 Å². The van der Waals surface area contributed by atoms with E-state index in [1.54, 1.807) is 12.1 Å². The number of hydrogen-bond donors (Lipinski definition) is 0. The minimum absolute atomic E-state index is 0.0167. The van der Waals surface area contributed by atoms with Crippen molar-refractivity contribution in [2.75, 3.05) is 0 Å². The molecule has 0 radical (unpaired) electrons. The second-order valence-electron chi connectivity index (χ2n) is 3.52. The molecule has 0 fully saturated rings. The fraction of sp³-hybridized carbons (Fsp3) is 0.154. The van der Waals surface area contributed by atoms with Gasteiger partial charge in [-0.15, -0.1) is 6.58 Å². The summed E-state index contributed by atoms with van der Waals surface area (Å²) in [6, 6.07) is 7.52. The summed E-state index contributed by atoms with van der Waals surface area (Å²) in [6.07, 6.45) is 2.86. The molecule has 3 heteroatoms. The fourth-order valence-corrected chi connectivity index (χ4v) is 1.98. The lowest BCUT2D eigenvalue weighted by Crippen LogP contribution is -1.95. The van der Waals surface area contributed by atoms with Gasteiger partial charge in [-0.2, -0.15) is 0 Å². The predicted octanol–water partition coefficient (Wildman–Crippen LogP) is 4.34. The number of ketones is 1. The Morgan fingerprint density at radius 2 is 2.31 bits per heavy atom. The molecule has 0 amide bonds. The summed E-state index contributed by atoms with van der Waals surface area (Å²) in [6.45, 7) is 3.59. The van der Waals surface area contributed by atoms with Crippen molar-refractivity contribution in [3.8, 4) is 0 Å². The van der Waals surface area contributed by atoms with Gasteiger partial charge in [0.05, 0.1) is 4.47 Å². The molecule has 1 aromatic heterocycles. The molecule has 2 aromatic rings. The smallest absolute Gasteiger partial charge is 0.198 e. The SMILES string of the molecule is C=CCCC(=O)c1cc2cccc(Br)c2o1. The van der Waals surface area contributed by atoms with E-state index in [-0.39, 0.29) is 5.78 Å². The summed E-state index contributed by atoms with van der Waals surface area (Å²) < 4.78 is 6.40. The Kier molecular flexibility index (Phi) is 3.25. The van der Waals surface area contributed by atoms with Crippen LogP contribution >= 0.6 is 15.9 Å². The summed E-state index contributed by atoms with van der Waals surface area (Å²) in [5.41, 5.74) is 0.726. The number of para-hydroxylation sites is 1. The second kappa shape index (κ2) is 4.66. The first kappa shape index (κ1) is 11.1. The quantitative estimate of drug-likeness (QED) is 0.615. The van der Waals surface area contributed by atoms with Crippen LogP contribution < -0.4 is 0 Å². The molecule has 0 unspecified atom stereocenters. The van der Waals surface area contributed by atoms with Crippen molar-refractivity contribution in [3.63, 3.8) is 0 Å². The predicted molar refractivity (Wildman–Crippen MR) is 67.7 cm³/mol. The first-order chi connectivity index (χ1) is 7.72. The van der Waals surface area contributed by atoms with Crippen LogP contribution in [0.5, 0.6) is 0 Å². The average Bonchev–Trinajstić information content (AvgIpc) is 2.71. The first-order valence-corrected chi connectivity index (χ1v) is 5.84. The summed E-state index contributed by atoms with van der Waals surface area (Å²) in [5, 5.41) is 0.941. The third kappa shape index (κ3) is 2.09. The number of rotatable bonds is 4. The van der Waals surface area contributed by atoms with Crippen molar-refractivity contribution in [2.24, 2.45) is 0 Å². The maximum atomic E-state index is 11.7. The van der Waals surface area contributed by atoms with Gasteiger partial charge >= 0.3 is 0 Å². The number of halogens is 1. The van der Waals surface area contributed by atoms with E-state index in [4.69, 9.17) is 4.42 Å². The van der Waals surface area contributed by atoms with Crippen LogP contribution in [0, 0.1) is 0 Å². The summed E-state index contributed by atoms with van der Waals surface area (Å²) in [7, 11) is 0. The van der Waals surface area contributed by atoms with Gasteiger partial charge in [0.25, 0.3) is 0 Å². The molecule has 0 aliphatic rings. The van der Waals surface area contributed by atoms with Crippen molar-refractivity contribution in [3.05, 3.63) is 47.2 Å². The van der Waals surface area contributed by atoms with Crippen molar-refractivity contribution < 1.29 is 9.21 Å². The van der Waals surface area contributed by atoms with Crippen LogP contribution in [-0.2, 0) is 0 Å². The third-order valence-corrected chi connectivity index (χ3v) is 2.97. The van der Waals surface area contributed by atoms with Crippen LogP contribution in [0.1, 0.15) is 23.4 Å². The topological polar surface area (TPSA) is 30.2 Å². The van der Waals surface area contributed by atoms with E-state index >= 15 is 0 Å². The lowest BCUT2D eigenvalue weighted by atomic mass is 10.1. The lowest BCUT2D eigenvalue weighted by molar-refractivity contribution is 0.0959. The molecule has 0 bridgehead atoms. The Morgan fingerprint density at radius 3 is 3.00 bits per heavy atom. The molecule has 1 aromatic carbocycles. The molecule has 0 saturated heterocycles. The van der Waals surface area contributed by atoms with Gasteiger partial charge < -0.3 is 4.42 Å². The molecule has 0 saturated carbocycles. The fourth-order valence-electron chi connectivity index (χ4n) is 1.52. The van der Waals surface area contributed by atoms with Crippen molar-refractivity contribution in [1.82, 2.24) is 0 Å². The van der Waals surface area contributed by atoms with E-state index < -0.39 is 0 Å². The van der Waals surface area contributed by atoms with Crippen molar-refractivity contribution in [1.29, 1.82) is 0 Å². The van der Waals surface area contributed by atoms with Crippen molar-refractivity contribution >= 4 is 32.7 Å². The van der Waals surface area contributed by atoms with Crippen molar-refractivity contribution in [2.45, 2.75) is 12.8 Å². The molecule has 0 N–H and O–H groups in total. The summed E-state index contributed by atoms with van der Waals surface area (Å²) >= 11 is 3.39. The van der Waals surface area contributed by atoms with E-state index in [1.807, 2.05) is 18.2 Å². The van der Waals surface area contributed by atoms with Crippen LogP contribution in [0.15, 0.2) is 45.8 Å². The highest BCUT2D eigenvalue weighted by molar-refractivity contribution is 9.10. The van der Waals surface area contributed by atoms with E-state index in [2.05, 4.69) is 22.5 Å². The average molecular weight is 279 g/mol. The maximum absolute atomic E-state index is 11.7. The van der Waals surface area contributed by atoms with E-state index in [0.717, 1.165) is 15.4 Å². The zero-order valence-corrected chi connectivity index (χ0v) is 10.3. The number of allylic oxidation sites excluding steroid dienone is 1. The monoisotopic (exact) mass is 278 g/mol. The standard InChI is InChI=1S/C13H11BrO2/c1-2-3-7-11(15)12-8-9-5-4-6-10(14)13(9)16-12/h2,4-6,8H,1,3,7H2. The largest absolute Gasteiger partial charge is 0.452 e. The molecule has 0 atom stereocenters. The number of benzene rings is 1. The third-order valence-electron chi connectivity index (χ3n) is 2.35. The minimum atomic E-state index is 0.0167. The van der Waals surface area contributed by atoms with Gasteiger partial charge in [0.2, 0.25) is 0 Å². The van der Waals surface area contributed by atoms with Gasteiger partial charge in [-0.1, -0.05) is 18.2 Å². The molecule has 0 aliphatic carbocycles. The highest BCUT2D eigenvalue weighted by Gasteiger charge is 2.12. The molecule has 0 aliphatic heterocycles. The Bertz CT molecular complexity index is 540. The van der Waals surface area contributed by atoms with Crippen LogP contribution in [0.3, 0.4) is 0 Å². The molecule has 2 rings (SSSR count). The van der Waals surface area contributed by atoms with E-state index in [0.29, 0.717) is 18.6 Å². The van der Waals surface area contributed by atoms with Crippen LogP contribution in [0.2, 0.25) is 0 Å². The van der Waals surface area contributed by atoms with Gasteiger partial charge in [-0.25, -0.2) is 0 Å². The van der Waals surface area contributed by atoms with Gasteiger partial charge in [0.1, 0.15) is 5.58 Å². The van der Waals surface area contributed by atoms with Crippen LogP contribution in [0.25, 0.3) is 11.0 Å². The summed E-state index contributed by atoms with van der Waals surface area (Å²) in [5.74, 6) is 0.437. The highest BCUT2D eigenvalue weighted by atomic mass is 79.9. The summed E-state index contributed by atoms with van der Waals surface area (Å²) in [4.78, 5) is 11.7. The molecule has 0 spiro atoms. The van der Waals surface area contributed by atoms with Crippen LogP contribution in [-0.4, -0.2) is 5.78 Å². The Morgan fingerprint density at radius 1 is 1.50 bits per heavy atom. The Balaban J connectivity index is 2.36. The van der Waals surface area contributed by atoms with E-state index in [1.165, 1.54) is 0 Å². The number of carbonyl (C=O) groups excluding carboxylic acids is 1. The zero-order valence-electron chi connectivity index (χ0n) is 8.70. The molecular weight excluding hydrogens is 268 g/mol. The molecule has 1 heterocycles. The first-order valence-electron chi connectivity index (χ1n) is 5.04. The Labute approximate surface area is 102 Å². The minimum Gasteiger partial charge on any atom is -0.452 e. The van der Waals surface area contributed by atoms with Crippen LogP contribution in [0.4, 0.5) is 0 Å². The van der Waals surface area contributed by atoms with E-state index in [9.17, 15) is 4.79 Å². The maximum Gasteiger partial charge on any atom is 0.198 e. The number of hydrogen-bond acceptors (Lipinski definition) is 2. The second-order valence-corrected chi connectivity index (χ2v) is 4.37. The molecular formula is C13H11BrO2. The molecule has 82 valence electrons.